The Kier molecular flexibility index (Phi) is 4.85. The molecule has 0 radical (unpaired) electrons. The molecule has 2 rings (SSSR count). The van der Waals surface area contributed by atoms with E-state index in [2.05, 4.69) is 0 Å². The zero-order valence-corrected chi connectivity index (χ0v) is 12.7. The average molecular weight is 291 g/mol. The maximum absolute atomic E-state index is 11.6. The lowest BCUT2D eigenvalue weighted by molar-refractivity contribution is 0.0697. The molecule has 1 aromatic carbocycles. The summed E-state index contributed by atoms with van der Waals surface area (Å²) < 4.78 is 12.7. The molecule has 0 bridgehead atoms. The van der Waals surface area contributed by atoms with E-state index in [4.69, 9.17) is 9.47 Å². The lowest BCUT2D eigenvalue weighted by Crippen LogP contribution is -2.07. The number of hydrogen-bond acceptors (Lipinski definition) is 3. The molecule has 114 valence electrons. The van der Waals surface area contributed by atoms with Gasteiger partial charge >= 0.3 is 5.97 Å². The lowest BCUT2D eigenvalue weighted by atomic mass is 10.1. The van der Waals surface area contributed by atoms with Gasteiger partial charge in [0.1, 0.15) is 5.75 Å². The zero-order chi connectivity index (χ0) is 15.4. The van der Waals surface area contributed by atoms with Gasteiger partial charge in [0.2, 0.25) is 0 Å². The van der Waals surface area contributed by atoms with Crippen LogP contribution in [0.15, 0.2) is 18.2 Å². The Morgan fingerprint density at radius 2 is 2.10 bits per heavy atom. The highest BCUT2D eigenvalue weighted by Gasteiger charge is 2.19. The summed E-state index contributed by atoms with van der Waals surface area (Å²) in [6, 6.07) is 5.60. The van der Waals surface area contributed by atoms with Crippen LogP contribution in [-0.4, -0.2) is 36.0 Å². The van der Waals surface area contributed by atoms with Crippen LogP contribution in [0.2, 0.25) is 0 Å². The van der Waals surface area contributed by atoms with Crippen molar-refractivity contribution in [1.82, 2.24) is 4.57 Å². The highest BCUT2D eigenvalue weighted by molar-refractivity contribution is 6.05. The van der Waals surface area contributed by atoms with E-state index in [-0.39, 0.29) is 0 Å². The Bertz CT molecular complexity index is 645. The van der Waals surface area contributed by atoms with Crippen molar-refractivity contribution in [2.45, 2.75) is 26.8 Å². The molecule has 5 nitrogen and oxygen atoms in total. The maximum Gasteiger partial charge on any atom is 0.338 e. The van der Waals surface area contributed by atoms with Crippen LogP contribution >= 0.6 is 0 Å². The first-order valence-corrected chi connectivity index (χ1v) is 7.08. The van der Waals surface area contributed by atoms with E-state index >= 15 is 0 Å². The highest BCUT2D eigenvalue weighted by atomic mass is 16.5. The summed E-state index contributed by atoms with van der Waals surface area (Å²) >= 11 is 0. The van der Waals surface area contributed by atoms with Crippen molar-refractivity contribution in [2.24, 2.45) is 0 Å². The Balaban J connectivity index is 2.54. The van der Waals surface area contributed by atoms with Crippen molar-refractivity contribution >= 4 is 16.9 Å². The first-order chi connectivity index (χ1) is 10.1. The fourth-order valence-corrected chi connectivity index (χ4v) is 2.51. The fraction of sp³-hybridized carbons (Fsp3) is 0.438. The van der Waals surface area contributed by atoms with Gasteiger partial charge in [-0.25, -0.2) is 4.79 Å². The molecule has 0 unspecified atom stereocenters. The minimum atomic E-state index is -0.915. The molecule has 0 atom stereocenters. The Labute approximate surface area is 124 Å². The number of fused-ring (bicyclic) bond motifs is 1. The third-order valence-corrected chi connectivity index (χ3v) is 3.50. The van der Waals surface area contributed by atoms with Gasteiger partial charge in [-0.05, 0) is 31.5 Å². The number of aromatic nitrogens is 1. The van der Waals surface area contributed by atoms with Gasteiger partial charge in [-0.3, -0.25) is 0 Å². The molecule has 0 aliphatic heterocycles. The van der Waals surface area contributed by atoms with Crippen LogP contribution in [-0.2, 0) is 11.3 Å². The first-order valence-electron chi connectivity index (χ1n) is 7.08. The van der Waals surface area contributed by atoms with Crippen LogP contribution < -0.4 is 4.74 Å². The van der Waals surface area contributed by atoms with E-state index < -0.39 is 5.97 Å². The summed E-state index contributed by atoms with van der Waals surface area (Å²) in [5, 5.41) is 10.2. The summed E-state index contributed by atoms with van der Waals surface area (Å²) in [6.07, 6.45) is 0.914. The van der Waals surface area contributed by atoms with Crippen LogP contribution in [0, 0.1) is 6.92 Å². The van der Waals surface area contributed by atoms with Gasteiger partial charge in [0, 0.05) is 30.3 Å². The van der Waals surface area contributed by atoms with E-state index in [0.29, 0.717) is 36.5 Å². The number of hydrogen-bond donors (Lipinski definition) is 1. The molecule has 0 spiro atoms. The van der Waals surface area contributed by atoms with Crippen LogP contribution in [0.3, 0.4) is 0 Å². The standard InChI is InChI=1S/C16H21NO4/c1-4-8-21-12-5-6-14-13(10-12)15(16(18)19)11(2)17(14)7-9-20-3/h5-6,10H,4,7-9H2,1-3H3,(H,18,19). The molecule has 0 amide bonds. The molecule has 2 aromatic rings. The first kappa shape index (κ1) is 15.4. The lowest BCUT2D eigenvalue weighted by Gasteiger charge is -2.08. The number of aromatic carboxylic acids is 1. The monoisotopic (exact) mass is 291 g/mol. The Hall–Kier alpha value is -2.01. The van der Waals surface area contributed by atoms with Gasteiger partial charge in [-0.15, -0.1) is 0 Å². The number of benzene rings is 1. The molecule has 0 aliphatic carbocycles. The van der Waals surface area contributed by atoms with E-state index in [1.165, 1.54) is 0 Å². The number of carboxylic acids is 1. The minimum absolute atomic E-state index is 0.336. The van der Waals surface area contributed by atoms with E-state index in [1.54, 1.807) is 7.11 Å². The average Bonchev–Trinajstić information content (AvgIpc) is 2.74. The number of rotatable bonds is 7. The van der Waals surface area contributed by atoms with Gasteiger partial charge in [0.15, 0.2) is 0 Å². The van der Waals surface area contributed by atoms with Crippen molar-refractivity contribution in [3.8, 4) is 5.75 Å². The number of methoxy groups -OCH3 is 1. The minimum Gasteiger partial charge on any atom is -0.494 e. The summed E-state index contributed by atoms with van der Waals surface area (Å²) in [5.74, 6) is -0.211. The summed E-state index contributed by atoms with van der Waals surface area (Å²) in [4.78, 5) is 11.6. The van der Waals surface area contributed by atoms with Crippen molar-refractivity contribution in [3.05, 3.63) is 29.5 Å². The van der Waals surface area contributed by atoms with Crippen LogP contribution in [0.4, 0.5) is 0 Å². The van der Waals surface area contributed by atoms with Crippen molar-refractivity contribution in [2.75, 3.05) is 20.3 Å². The summed E-state index contributed by atoms with van der Waals surface area (Å²) in [6.45, 7) is 5.65. The number of carbonyl (C=O) groups is 1. The molecule has 0 aliphatic rings. The topological polar surface area (TPSA) is 60.7 Å². The Morgan fingerprint density at radius 3 is 2.71 bits per heavy atom. The van der Waals surface area contributed by atoms with Crippen LogP contribution in [0.5, 0.6) is 5.75 Å². The largest absolute Gasteiger partial charge is 0.494 e. The molecular weight excluding hydrogens is 270 g/mol. The molecule has 21 heavy (non-hydrogen) atoms. The van der Waals surface area contributed by atoms with E-state index in [0.717, 1.165) is 17.6 Å². The van der Waals surface area contributed by atoms with Gasteiger partial charge < -0.3 is 19.1 Å². The second kappa shape index (κ2) is 6.63. The predicted octanol–water partition coefficient (Wildman–Crippen LogP) is 3.08. The van der Waals surface area contributed by atoms with E-state index in [9.17, 15) is 9.90 Å². The zero-order valence-electron chi connectivity index (χ0n) is 12.7. The fourth-order valence-electron chi connectivity index (χ4n) is 2.51. The summed E-state index contributed by atoms with van der Waals surface area (Å²) in [7, 11) is 1.63. The normalized spacial score (nSPS) is 11.0. The molecule has 1 heterocycles. The van der Waals surface area contributed by atoms with E-state index in [1.807, 2.05) is 36.6 Å². The summed E-state index contributed by atoms with van der Waals surface area (Å²) in [5.41, 5.74) is 1.97. The van der Waals surface area contributed by atoms with Crippen molar-refractivity contribution in [1.29, 1.82) is 0 Å². The molecule has 1 aromatic heterocycles. The van der Waals surface area contributed by atoms with Gasteiger partial charge in [0.25, 0.3) is 0 Å². The van der Waals surface area contributed by atoms with Gasteiger partial charge in [0.05, 0.1) is 18.8 Å². The number of carboxylic acid groups (broad SMARTS) is 1. The molecular formula is C16H21NO4. The van der Waals surface area contributed by atoms with Gasteiger partial charge in [-0.1, -0.05) is 6.92 Å². The molecule has 1 N–H and O–H groups in total. The quantitative estimate of drug-likeness (QED) is 0.851. The third-order valence-electron chi connectivity index (χ3n) is 3.50. The molecule has 0 saturated heterocycles. The maximum atomic E-state index is 11.6. The van der Waals surface area contributed by atoms with Crippen LogP contribution in [0.1, 0.15) is 29.4 Å². The van der Waals surface area contributed by atoms with Crippen molar-refractivity contribution in [3.63, 3.8) is 0 Å². The number of ether oxygens (including phenoxy) is 2. The number of nitrogens with zero attached hydrogens (tertiary/aromatic N) is 1. The third kappa shape index (κ3) is 3.03. The second-order valence-electron chi connectivity index (χ2n) is 4.94. The highest BCUT2D eigenvalue weighted by Crippen LogP contribution is 2.29. The Morgan fingerprint density at radius 1 is 1.33 bits per heavy atom. The molecule has 0 saturated carbocycles. The second-order valence-corrected chi connectivity index (χ2v) is 4.94. The SMILES string of the molecule is CCCOc1ccc2c(c1)c(C(=O)O)c(C)n2CCOC. The molecule has 5 heteroatoms. The smallest absolute Gasteiger partial charge is 0.338 e. The van der Waals surface area contributed by atoms with Gasteiger partial charge in [-0.2, -0.15) is 0 Å². The predicted molar refractivity (Wildman–Crippen MR) is 81.3 cm³/mol. The van der Waals surface area contributed by atoms with Crippen LogP contribution in [0.25, 0.3) is 10.9 Å². The van der Waals surface area contributed by atoms with Crippen molar-refractivity contribution < 1.29 is 19.4 Å². The molecule has 0 fully saturated rings.